The average Bonchev–Trinajstić information content (AvgIpc) is 2.75. The molecule has 3 rings (SSSR count). The highest BCUT2D eigenvalue weighted by molar-refractivity contribution is 7.07. The number of nitrogens with one attached hydrogen (secondary N) is 1. The van der Waals surface area contributed by atoms with E-state index in [0.717, 1.165) is 16.7 Å². The number of aromatic nitrogens is 1. The molecule has 5 heteroatoms. The molecule has 0 bridgehead atoms. The van der Waals surface area contributed by atoms with Crippen molar-refractivity contribution in [1.82, 2.24) is 4.98 Å². The highest BCUT2D eigenvalue weighted by atomic mass is 32.1. The molecule has 0 saturated heterocycles. The topological polar surface area (TPSA) is 63.1 Å². The van der Waals surface area contributed by atoms with Gasteiger partial charge in [0.2, 0.25) is 0 Å². The van der Waals surface area contributed by atoms with Gasteiger partial charge in [-0.15, -0.1) is 0 Å². The fourth-order valence-corrected chi connectivity index (χ4v) is 2.24. The predicted molar refractivity (Wildman–Crippen MR) is 66.4 cm³/mol. The van der Waals surface area contributed by atoms with Gasteiger partial charge in [0, 0.05) is 10.8 Å². The lowest BCUT2D eigenvalue weighted by molar-refractivity contribution is 0.563. The van der Waals surface area contributed by atoms with Gasteiger partial charge in [0.05, 0.1) is 11.3 Å². The lowest BCUT2D eigenvalue weighted by atomic mass is 10.1. The first-order valence-corrected chi connectivity index (χ1v) is 5.83. The highest BCUT2D eigenvalue weighted by Gasteiger charge is 2.09. The van der Waals surface area contributed by atoms with Crippen LogP contribution in [0.2, 0.25) is 0 Å². The van der Waals surface area contributed by atoms with Gasteiger partial charge in [0.25, 0.3) is 0 Å². The summed E-state index contributed by atoms with van der Waals surface area (Å²) in [7, 11) is 0. The van der Waals surface area contributed by atoms with E-state index in [1.165, 1.54) is 0 Å². The summed E-state index contributed by atoms with van der Waals surface area (Å²) < 4.78 is 5.18. The minimum absolute atomic E-state index is 0.187. The van der Waals surface area contributed by atoms with E-state index in [4.69, 9.17) is 4.42 Å². The van der Waals surface area contributed by atoms with Gasteiger partial charge in [-0.25, -0.2) is 4.79 Å². The molecule has 0 aliphatic heterocycles. The molecule has 2 aromatic heterocycles. The number of hydrogen-bond donors (Lipinski definition) is 1. The normalized spacial score (nSPS) is 10.8. The van der Waals surface area contributed by atoms with Crippen LogP contribution in [0.5, 0.6) is 0 Å². The summed E-state index contributed by atoms with van der Waals surface area (Å²) >= 11 is 1.02. The van der Waals surface area contributed by atoms with Crippen molar-refractivity contribution < 1.29 is 4.42 Å². The third kappa shape index (κ3) is 1.70. The van der Waals surface area contributed by atoms with E-state index in [1.54, 1.807) is 23.6 Å². The molecular formula is C12H7NO3S. The molecule has 0 unspecified atom stereocenters. The first-order valence-electron chi connectivity index (χ1n) is 4.95. The van der Waals surface area contributed by atoms with E-state index < -0.39 is 5.63 Å². The summed E-state index contributed by atoms with van der Waals surface area (Å²) in [5, 5.41) is 2.44. The maximum absolute atomic E-state index is 11.8. The Hall–Kier alpha value is -2.14. The van der Waals surface area contributed by atoms with Crippen molar-refractivity contribution in [2.75, 3.05) is 0 Å². The fourth-order valence-electron chi connectivity index (χ4n) is 1.66. The van der Waals surface area contributed by atoms with E-state index in [9.17, 15) is 9.59 Å². The maximum atomic E-state index is 11.8. The van der Waals surface area contributed by atoms with E-state index >= 15 is 0 Å². The molecule has 0 fully saturated rings. The summed E-state index contributed by atoms with van der Waals surface area (Å²) in [5.41, 5.74) is 0.970. The molecule has 2 heterocycles. The van der Waals surface area contributed by atoms with Crippen molar-refractivity contribution in [3.63, 3.8) is 0 Å². The molecule has 3 aromatic rings. The Labute approximate surface area is 99.2 Å². The second-order valence-electron chi connectivity index (χ2n) is 3.55. The number of H-pyrrole nitrogens is 1. The van der Waals surface area contributed by atoms with Gasteiger partial charge in [0.15, 0.2) is 0 Å². The molecule has 0 aliphatic rings. The van der Waals surface area contributed by atoms with Crippen molar-refractivity contribution in [2.24, 2.45) is 0 Å². The molecule has 0 amide bonds. The van der Waals surface area contributed by atoms with E-state index in [2.05, 4.69) is 4.98 Å². The first-order chi connectivity index (χ1) is 8.24. The Morgan fingerprint density at radius 3 is 2.76 bits per heavy atom. The summed E-state index contributed by atoms with van der Waals surface area (Å²) in [6, 6.07) is 8.97. The molecule has 0 aliphatic carbocycles. The van der Waals surface area contributed by atoms with E-state index in [-0.39, 0.29) is 4.87 Å². The summed E-state index contributed by atoms with van der Waals surface area (Å²) in [5.74, 6) is 0. The zero-order chi connectivity index (χ0) is 11.8. The van der Waals surface area contributed by atoms with Crippen LogP contribution >= 0.6 is 11.3 Å². The number of rotatable bonds is 1. The molecule has 17 heavy (non-hydrogen) atoms. The summed E-state index contributed by atoms with van der Waals surface area (Å²) in [4.78, 5) is 25.2. The molecular weight excluding hydrogens is 238 g/mol. The minimum atomic E-state index is -0.447. The molecule has 0 radical (unpaired) electrons. The van der Waals surface area contributed by atoms with Gasteiger partial charge in [-0.05, 0) is 12.1 Å². The molecule has 84 valence electrons. The molecule has 1 N–H and O–H groups in total. The number of hydrogen-bond acceptors (Lipinski definition) is 4. The second kappa shape index (κ2) is 3.71. The van der Waals surface area contributed by atoms with Gasteiger partial charge < -0.3 is 9.40 Å². The Bertz CT molecular complexity index is 797. The molecule has 0 saturated carbocycles. The van der Waals surface area contributed by atoms with Crippen molar-refractivity contribution in [3.05, 3.63) is 55.8 Å². The van der Waals surface area contributed by atoms with Gasteiger partial charge in [0.1, 0.15) is 5.58 Å². The Morgan fingerprint density at radius 1 is 1.18 bits per heavy atom. The lowest BCUT2D eigenvalue weighted by Crippen LogP contribution is -2.04. The van der Waals surface area contributed by atoms with Crippen molar-refractivity contribution >= 4 is 22.3 Å². The van der Waals surface area contributed by atoms with Crippen LogP contribution in [0.25, 0.3) is 22.2 Å². The van der Waals surface area contributed by atoms with Crippen molar-refractivity contribution in [3.8, 4) is 11.3 Å². The predicted octanol–water partition coefficient (Wildman–Crippen LogP) is 2.21. The smallest absolute Gasteiger partial charge is 0.345 e. The Balaban J connectivity index is 2.33. The number of thiazole rings is 1. The third-order valence-corrected chi connectivity index (χ3v) is 3.12. The summed E-state index contributed by atoms with van der Waals surface area (Å²) in [6.45, 7) is 0. The summed E-state index contributed by atoms with van der Waals surface area (Å²) in [6.07, 6.45) is 0. The highest BCUT2D eigenvalue weighted by Crippen LogP contribution is 2.19. The Morgan fingerprint density at radius 2 is 2.00 bits per heavy atom. The largest absolute Gasteiger partial charge is 0.422 e. The number of fused-ring (bicyclic) bond motifs is 1. The average molecular weight is 245 g/mol. The second-order valence-corrected chi connectivity index (χ2v) is 4.39. The van der Waals surface area contributed by atoms with Crippen LogP contribution in [-0.4, -0.2) is 4.98 Å². The van der Waals surface area contributed by atoms with Crippen LogP contribution in [0.3, 0.4) is 0 Å². The monoisotopic (exact) mass is 245 g/mol. The van der Waals surface area contributed by atoms with Crippen LogP contribution < -0.4 is 10.5 Å². The third-order valence-electron chi connectivity index (χ3n) is 2.45. The first kappa shape index (κ1) is 10.0. The fraction of sp³-hybridized carbons (Fsp3) is 0. The van der Waals surface area contributed by atoms with Gasteiger partial charge in [-0.1, -0.05) is 29.5 Å². The molecule has 4 nitrogen and oxygen atoms in total. The molecule has 0 spiro atoms. The quantitative estimate of drug-likeness (QED) is 0.668. The number of para-hydroxylation sites is 1. The zero-order valence-corrected chi connectivity index (χ0v) is 9.41. The Kier molecular flexibility index (Phi) is 2.19. The van der Waals surface area contributed by atoms with Crippen LogP contribution in [0, 0.1) is 0 Å². The van der Waals surface area contributed by atoms with Crippen molar-refractivity contribution in [2.45, 2.75) is 0 Å². The van der Waals surface area contributed by atoms with Crippen LogP contribution in [0.15, 0.2) is 49.7 Å². The number of aromatic amines is 1. The van der Waals surface area contributed by atoms with Gasteiger partial charge in [-0.2, -0.15) is 0 Å². The standard InChI is InChI=1S/C12H7NO3S/c14-11-8(9-6-17-12(15)13-9)5-7-3-1-2-4-10(7)16-11/h1-6H,(H,13,15). The zero-order valence-electron chi connectivity index (χ0n) is 8.60. The lowest BCUT2D eigenvalue weighted by Gasteiger charge is -1.99. The van der Waals surface area contributed by atoms with E-state index in [0.29, 0.717) is 16.8 Å². The SMILES string of the molecule is O=c1[nH]c(-c2cc3ccccc3oc2=O)cs1. The maximum Gasteiger partial charge on any atom is 0.345 e. The van der Waals surface area contributed by atoms with Gasteiger partial charge >= 0.3 is 10.5 Å². The van der Waals surface area contributed by atoms with Gasteiger partial charge in [-0.3, -0.25) is 4.79 Å². The van der Waals surface area contributed by atoms with Crippen LogP contribution in [0.1, 0.15) is 0 Å². The van der Waals surface area contributed by atoms with Crippen LogP contribution in [-0.2, 0) is 0 Å². The van der Waals surface area contributed by atoms with Crippen LogP contribution in [0.4, 0.5) is 0 Å². The minimum Gasteiger partial charge on any atom is -0.422 e. The number of benzene rings is 1. The van der Waals surface area contributed by atoms with Crippen molar-refractivity contribution in [1.29, 1.82) is 0 Å². The van der Waals surface area contributed by atoms with E-state index in [1.807, 2.05) is 12.1 Å². The molecule has 1 aromatic carbocycles. The molecule has 0 atom stereocenters.